The van der Waals surface area contributed by atoms with Gasteiger partial charge in [0.2, 0.25) is 11.6 Å². The Bertz CT molecular complexity index is 848. The summed E-state index contributed by atoms with van der Waals surface area (Å²) >= 11 is 0. The summed E-state index contributed by atoms with van der Waals surface area (Å²) in [6, 6.07) is 7.03. The lowest BCUT2D eigenvalue weighted by atomic mass is 9.87. The van der Waals surface area contributed by atoms with E-state index in [0.717, 1.165) is 10.8 Å². The van der Waals surface area contributed by atoms with Gasteiger partial charge in [-0.15, -0.1) is 0 Å². The van der Waals surface area contributed by atoms with Gasteiger partial charge >= 0.3 is 0 Å². The molecule has 0 amide bonds. The van der Waals surface area contributed by atoms with Crippen molar-refractivity contribution in [1.82, 2.24) is 0 Å². The van der Waals surface area contributed by atoms with E-state index in [-0.39, 0.29) is 0 Å². The van der Waals surface area contributed by atoms with Gasteiger partial charge in [-0.3, -0.25) is 4.79 Å². The van der Waals surface area contributed by atoms with Crippen molar-refractivity contribution in [3.63, 3.8) is 0 Å². The molecule has 0 aromatic heterocycles. The van der Waals surface area contributed by atoms with Gasteiger partial charge in [-0.1, -0.05) is 6.07 Å². The number of methoxy groups -OCH3 is 4. The van der Waals surface area contributed by atoms with Gasteiger partial charge in [-0.2, -0.15) is 0 Å². The van der Waals surface area contributed by atoms with E-state index in [0.29, 0.717) is 22.6 Å². The highest BCUT2D eigenvalue weighted by Gasteiger charge is 2.40. The van der Waals surface area contributed by atoms with Crippen LogP contribution in [-0.4, -0.2) is 39.3 Å². The lowest BCUT2D eigenvalue weighted by Gasteiger charge is -2.33. The highest BCUT2D eigenvalue weighted by molar-refractivity contribution is 6.12. The predicted molar refractivity (Wildman–Crippen MR) is 87.8 cm³/mol. The number of aliphatic hydroxyl groups excluding tert-OH is 1. The van der Waals surface area contributed by atoms with Crippen LogP contribution in [0.25, 0.3) is 10.8 Å². The van der Waals surface area contributed by atoms with Crippen LogP contribution in [0.1, 0.15) is 15.9 Å². The average molecular weight is 330 g/mol. The molecule has 0 unspecified atom stereocenters. The number of rotatable bonds is 4. The van der Waals surface area contributed by atoms with Gasteiger partial charge in [0.05, 0.1) is 14.2 Å². The molecule has 2 aromatic rings. The third kappa shape index (κ3) is 2.15. The van der Waals surface area contributed by atoms with Crippen molar-refractivity contribution >= 4 is 16.6 Å². The van der Waals surface area contributed by atoms with Crippen LogP contribution in [-0.2, 0) is 15.3 Å². The number of aliphatic hydroxyl groups is 1. The van der Waals surface area contributed by atoms with E-state index in [1.54, 1.807) is 32.4 Å². The number of hydrogen-bond acceptors (Lipinski definition) is 6. The van der Waals surface area contributed by atoms with Gasteiger partial charge in [-0.05, 0) is 23.6 Å². The number of hydrogen-bond donors (Lipinski definition) is 1. The molecular weight excluding hydrogens is 312 g/mol. The molecule has 0 heterocycles. The number of carbonyl (C=O) groups excluding carboxylic acids is 1. The second-order valence-corrected chi connectivity index (χ2v) is 5.35. The topological polar surface area (TPSA) is 74.2 Å². The summed E-state index contributed by atoms with van der Waals surface area (Å²) in [5.74, 6) is -1.12. The van der Waals surface area contributed by atoms with E-state index in [4.69, 9.17) is 18.9 Å². The van der Waals surface area contributed by atoms with Crippen molar-refractivity contribution in [3.8, 4) is 11.5 Å². The number of ketones is 1. The fourth-order valence-electron chi connectivity index (χ4n) is 3.05. The second kappa shape index (κ2) is 5.81. The molecule has 6 heteroatoms. The monoisotopic (exact) mass is 330 g/mol. The van der Waals surface area contributed by atoms with Crippen LogP contribution < -0.4 is 9.47 Å². The third-order valence-corrected chi connectivity index (χ3v) is 4.28. The molecule has 24 heavy (non-hydrogen) atoms. The molecule has 0 saturated carbocycles. The predicted octanol–water partition coefficient (Wildman–Crippen LogP) is 2.94. The number of Topliss-reactive ketones (excluding diaryl/α,β-unsaturated/α-hetero) is 1. The maximum absolute atomic E-state index is 12.4. The molecule has 0 fully saturated rings. The van der Waals surface area contributed by atoms with Crippen LogP contribution in [0, 0.1) is 0 Å². The summed E-state index contributed by atoms with van der Waals surface area (Å²) in [4.78, 5) is 12.4. The van der Waals surface area contributed by atoms with Crippen LogP contribution in [0.2, 0.25) is 0 Å². The first kappa shape index (κ1) is 16.3. The maximum atomic E-state index is 12.4. The van der Waals surface area contributed by atoms with Gasteiger partial charge in [0.25, 0.3) is 0 Å². The summed E-state index contributed by atoms with van der Waals surface area (Å²) in [7, 11) is 5.99. The summed E-state index contributed by atoms with van der Waals surface area (Å²) in [6.45, 7) is 0. The molecule has 126 valence electrons. The Labute approximate surface area is 139 Å². The molecule has 3 rings (SSSR count). The van der Waals surface area contributed by atoms with Crippen molar-refractivity contribution in [2.45, 2.75) is 5.79 Å². The number of carbonyl (C=O) groups is 1. The Balaban J connectivity index is 2.40. The van der Waals surface area contributed by atoms with Crippen molar-refractivity contribution in [2.24, 2.45) is 0 Å². The average Bonchev–Trinajstić information content (AvgIpc) is 2.62. The Kier molecular flexibility index (Phi) is 3.95. The number of ether oxygens (including phenoxy) is 4. The van der Waals surface area contributed by atoms with Gasteiger partial charge in [0.1, 0.15) is 0 Å². The summed E-state index contributed by atoms with van der Waals surface area (Å²) in [5.41, 5.74) is 0.813. The van der Waals surface area contributed by atoms with Crippen LogP contribution in [0.15, 0.2) is 36.1 Å². The molecule has 0 radical (unpaired) electrons. The first-order valence-corrected chi connectivity index (χ1v) is 7.27. The zero-order valence-electron chi connectivity index (χ0n) is 13.9. The molecule has 0 bridgehead atoms. The molecule has 0 saturated heterocycles. The standard InChI is InChI=1S/C18H18O6/c1-21-15-6-5-10-7-12-13(8-11(10)17(15)22-2)18(23-3,24-4)9-14(19)16(12)20/h5-9,19H,1-4H3. The zero-order chi connectivity index (χ0) is 17.5. The Morgan fingerprint density at radius 3 is 2.29 bits per heavy atom. The quantitative estimate of drug-likeness (QED) is 0.869. The largest absolute Gasteiger partial charge is 0.504 e. The third-order valence-electron chi connectivity index (χ3n) is 4.28. The molecular formula is C18H18O6. The summed E-state index contributed by atoms with van der Waals surface area (Å²) < 4.78 is 21.7. The number of allylic oxidation sites excluding steroid dienone is 1. The fraction of sp³-hybridized carbons (Fsp3) is 0.278. The maximum Gasteiger partial charge on any atom is 0.227 e. The molecule has 0 atom stereocenters. The van der Waals surface area contributed by atoms with Gasteiger partial charge in [0.15, 0.2) is 17.3 Å². The van der Waals surface area contributed by atoms with E-state index >= 15 is 0 Å². The van der Waals surface area contributed by atoms with Crippen molar-refractivity contribution in [2.75, 3.05) is 28.4 Å². The Morgan fingerprint density at radius 1 is 1.00 bits per heavy atom. The van der Waals surface area contributed by atoms with Crippen molar-refractivity contribution in [3.05, 3.63) is 47.2 Å². The second-order valence-electron chi connectivity index (χ2n) is 5.35. The minimum atomic E-state index is -1.35. The SMILES string of the molecule is COc1ccc2cc3c(cc2c1OC)C(OC)(OC)C=C(O)C3=O. The van der Waals surface area contributed by atoms with E-state index in [1.165, 1.54) is 20.3 Å². The first-order chi connectivity index (χ1) is 11.5. The summed E-state index contributed by atoms with van der Waals surface area (Å²) in [6.07, 6.45) is 1.26. The van der Waals surface area contributed by atoms with Crippen molar-refractivity contribution in [1.29, 1.82) is 0 Å². The molecule has 1 aliphatic rings. The molecule has 1 aliphatic carbocycles. The van der Waals surface area contributed by atoms with Crippen LogP contribution in [0.5, 0.6) is 11.5 Å². The molecule has 0 spiro atoms. The normalized spacial score (nSPS) is 15.8. The smallest absolute Gasteiger partial charge is 0.227 e. The van der Waals surface area contributed by atoms with Crippen LogP contribution in [0.4, 0.5) is 0 Å². The fourth-order valence-corrected chi connectivity index (χ4v) is 3.05. The van der Waals surface area contributed by atoms with Gasteiger partial charge in [0, 0.05) is 36.8 Å². The van der Waals surface area contributed by atoms with E-state index < -0.39 is 17.3 Å². The molecule has 1 N–H and O–H groups in total. The van der Waals surface area contributed by atoms with E-state index in [1.807, 2.05) is 6.07 Å². The zero-order valence-corrected chi connectivity index (χ0v) is 13.9. The lowest BCUT2D eigenvalue weighted by Crippen LogP contribution is -2.35. The van der Waals surface area contributed by atoms with Crippen LogP contribution >= 0.6 is 0 Å². The highest BCUT2D eigenvalue weighted by Crippen LogP contribution is 2.42. The summed E-state index contributed by atoms with van der Waals surface area (Å²) in [5, 5.41) is 11.5. The van der Waals surface area contributed by atoms with Crippen molar-refractivity contribution < 1.29 is 28.8 Å². The van der Waals surface area contributed by atoms with Crippen LogP contribution in [0.3, 0.4) is 0 Å². The Hall–Kier alpha value is -2.57. The van der Waals surface area contributed by atoms with E-state index in [2.05, 4.69) is 0 Å². The number of benzene rings is 2. The molecule has 2 aromatic carbocycles. The molecule has 6 nitrogen and oxygen atoms in total. The first-order valence-electron chi connectivity index (χ1n) is 7.27. The highest BCUT2D eigenvalue weighted by atomic mass is 16.7. The van der Waals surface area contributed by atoms with Gasteiger partial charge in [-0.25, -0.2) is 0 Å². The van der Waals surface area contributed by atoms with Gasteiger partial charge < -0.3 is 24.1 Å². The molecule has 0 aliphatic heterocycles. The Morgan fingerprint density at radius 2 is 1.71 bits per heavy atom. The van der Waals surface area contributed by atoms with E-state index in [9.17, 15) is 9.90 Å². The minimum absolute atomic E-state index is 0.318. The minimum Gasteiger partial charge on any atom is -0.504 e. The lowest BCUT2D eigenvalue weighted by molar-refractivity contribution is -0.180. The number of fused-ring (bicyclic) bond motifs is 2.